The Labute approximate surface area is 112 Å². The molecule has 0 aromatic rings. The highest BCUT2D eigenvalue weighted by Crippen LogP contribution is 2.27. The van der Waals surface area contributed by atoms with Crippen molar-refractivity contribution in [3.8, 4) is 0 Å². The molecular formula is C13H29ClN2O. The molecule has 0 bridgehead atoms. The topological polar surface area (TPSA) is 55.1 Å². The van der Waals surface area contributed by atoms with E-state index < -0.39 is 0 Å². The minimum absolute atomic E-state index is 0. The van der Waals surface area contributed by atoms with Crippen LogP contribution in [0.1, 0.15) is 54.9 Å². The average Bonchev–Trinajstić information content (AvgIpc) is 1.96. The maximum absolute atomic E-state index is 11.9. The number of amides is 1. The van der Waals surface area contributed by atoms with Crippen LogP contribution < -0.4 is 11.1 Å². The molecule has 0 rings (SSSR count). The standard InChI is InChI=1S/C13H28N2O.ClH/c1-9(10(2)14)11(16)15-13(6,7)8-12(3,4)5;/h9-10H,8,14H2,1-7H3,(H,15,16);1H. The van der Waals surface area contributed by atoms with Crippen LogP contribution in [0, 0.1) is 11.3 Å². The van der Waals surface area contributed by atoms with Gasteiger partial charge in [0, 0.05) is 17.5 Å². The molecule has 0 aliphatic carbocycles. The smallest absolute Gasteiger partial charge is 0.224 e. The van der Waals surface area contributed by atoms with Gasteiger partial charge in [-0.25, -0.2) is 0 Å². The third-order valence-electron chi connectivity index (χ3n) is 2.64. The van der Waals surface area contributed by atoms with Crippen LogP contribution in [0.25, 0.3) is 0 Å². The Morgan fingerprint density at radius 2 is 1.59 bits per heavy atom. The molecule has 0 spiro atoms. The van der Waals surface area contributed by atoms with Crippen LogP contribution in [-0.4, -0.2) is 17.5 Å². The van der Waals surface area contributed by atoms with Gasteiger partial charge in [-0.2, -0.15) is 0 Å². The predicted octanol–water partition coefficient (Wildman–Crippen LogP) is 2.72. The van der Waals surface area contributed by atoms with Gasteiger partial charge in [-0.15, -0.1) is 12.4 Å². The maximum atomic E-state index is 11.9. The van der Waals surface area contributed by atoms with Crippen LogP contribution in [0.15, 0.2) is 0 Å². The largest absolute Gasteiger partial charge is 0.351 e. The minimum Gasteiger partial charge on any atom is -0.351 e. The zero-order chi connectivity index (χ0) is 13.1. The number of carbonyl (C=O) groups excluding carboxylic acids is 1. The number of rotatable bonds is 4. The van der Waals surface area contributed by atoms with E-state index in [1.165, 1.54) is 0 Å². The van der Waals surface area contributed by atoms with Crippen molar-refractivity contribution in [2.45, 2.75) is 66.5 Å². The first-order valence-electron chi connectivity index (χ1n) is 6.02. The zero-order valence-electron chi connectivity index (χ0n) is 12.3. The molecule has 3 nitrogen and oxygen atoms in total. The summed E-state index contributed by atoms with van der Waals surface area (Å²) in [6.45, 7) is 14.4. The van der Waals surface area contributed by atoms with Gasteiger partial charge in [-0.1, -0.05) is 27.7 Å². The fourth-order valence-electron chi connectivity index (χ4n) is 2.06. The summed E-state index contributed by atoms with van der Waals surface area (Å²) in [5.74, 6) is -0.0940. The molecule has 0 aromatic carbocycles. The summed E-state index contributed by atoms with van der Waals surface area (Å²) in [5, 5.41) is 3.07. The van der Waals surface area contributed by atoms with Crippen molar-refractivity contribution in [1.82, 2.24) is 5.32 Å². The Hall–Kier alpha value is -0.280. The first kappa shape index (κ1) is 19.1. The highest BCUT2D eigenvalue weighted by atomic mass is 35.5. The predicted molar refractivity (Wildman–Crippen MR) is 76.4 cm³/mol. The van der Waals surface area contributed by atoms with Gasteiger partial charge < -0.3 is 11.1 Å². The van der Waals surface area contributed by atoms with Gasteiger partial charge in [-0.3, -0.25) is 4.79 Å². The van der Waals surface area contributed by atoms with Crippen LogP contribution in [0.5, 0.6) is 0 Å². The summed E-state index contributed by atoms with van der Waals surface area (Å²) >= 11 is 0. The van der Waals surface area contributed by atoms with E-state index >= 15 is 0 Å². The molecule has 0 saturated carbocycles. The fourth-order valence-corrected chi connectivity index (χ4v) is 2.06. The number of hydrogen-bond acceptors (Lipinski definition) is 2. The molecule has 0 aliphatic rings. The third kappa shape index (κ3) is 8.44. The molecule has 3 N–H and O–H groups in total. The Kier molecular flexibility index (Phi) is 7.40. The maximum Gasteiger partial charge on any atom is 0.224 e. The lowest BCUT2D eigenvalue weighted by Gasteiger charge is -2.34. The number of carbonyl (C=O) groups is 1. The Morgan fingerprint density at radius 1 is 1.18 bits per heavy atom. The monoisotopic (exact) mass is 264 g/mol. The molecule has 2 atom stereocenters. The van der Waals surface area contributed by atoms with Gasteiger partial charge in [-0.05, 0) is 32.6 Å². The van der Waals surface area contributed by atoms with Crippen molar-refractivity contribution in [2.24, 2.45) is 17.1 Å². The molecule has 0 heterocycles. The van der Waals surface area contributed by atoms with E-state index in [1.54, 1.807) is 0 Å². The molecule has 0 saturated heterocycles. The highest BCUT2D eigenvalue weighted by molar-refractivity contribution is 5.85. The second kappa shape index (κ2) is 6.60. The summed E-state index contributed by atoms with van der Waals surface area (Å²) in [6.07, 6.45) is 0.942. The van der Waals surface area contributed by atoms with E-state index in [2.05, 4.69) is 39.9 Å². The normalized spacial score (nSPS) is 15.8. The first-order valence-corrected chi connectivity index (χ1v) is 6.02. The summed E-state index contributed by atoms with van der Waals surface area (Å²) in [4.78, 5) is 11.9. The second-order valence-corrected chi connectivity index (χ2v) is 6.76. The zero-order valence-corrected chi connectivity index (χ0v) is 13.1. The van der Waals surface area contributed by atoms with Gasteiger partial charge in [0.2, 0.25) is 5.91 Å². The lowest BCUT2D eigenvalue weighted by Crippen LogP contribution is -2.50. The van der Waals surface area contributed by atoms with Crippen LogP contribution >= 0.6 is 12.4 Å². The molecule has 104 valence electrons. The van der Waals surface area contributed by atoms with Gasteiger partial charge in [0.1, 0.15) is 0 Å². The molecule has 1 amide bonds. The van der Waals surface area contributed by atoms with Crippen LogP contribution in [-0.2, 0) is 4.79 Å². The molecule has 0 aromatic heterocycles. The molecular weight excluding hydrogens is 236 g/mol. The van der Waals surface area contributed by atoms with Gasteiger partial charge in [0.05, 0.1) is 0 Å². The van der Waals surface area contributed by atoms with E-state index in [-0.39, 0.29) is 41.2 Å². The minimum atomic E-state index is -0.182. The molecule has 0 radical (unpaired) electrons. The SMILES string of the molecule is CC(N)C(C)C(=O)NC(C)(C)CC(C)(C)C.Cl. The van der Waals surface area contributed by atoms with Crippen LogP contribution in [0.4, 0.5) is 0 Å². The van der Waals surface area contributed by atoms with Crippen molar-refractivity contribution in [3.05, 3.63) is 0 Å². The Morgan fingerprint density at radius 3 is 1.88 bits per heavy atom. The molecule has 0 aliphatic heterocycles. The van der Waals surface area contributed by atoms with E-state index in [0.717, 1.165) is 6.42 Å². The Bertz CT molecular complexity index is 244. The number of nitrogens with one attached hydrogen (secondary N) is 1. The number of nitrogens with two attached hydrogens (primary N) is 1. The number of hydrogen-bond donors (Lipinski definition) is 2. The van der Waals surface area contributed by atoms with E-state index in [4.69, 9.17) is 5.73 Å². The van der Waals surface area contributed by atoms with Crippen molar-refractivity contribution >= 4 is 18.3 Å². The van der Waals surface area contributed by atoms with E-state index in [0.29, 0.717) is 0 Å². The molecule has 4 heteroatoms. The van der Waals surface area contributed by atoms with Gasteiger partial charge in [0.25, 0.3) is 0 Å². The lowest BCUT2D eigenvalue weighted by molar-refractivity contribution is -0.126. The summed E-state index contributed by atoms with van der Waals surface area (Å²) < 4.78 is 0. The molecule has 0 fully saturated rings. The van der Waals surface area contributed by atoms with Crippen molar-refractivity contribution in [1.29, 1.82) is 0 Å². The van der Waals surface area contributed by atoms with Crippen molar-refractivity contribution < 1.29 is 4.79 Å². The van der Waals surface area contributed by atoms with Crippen LogP contribution in [0.3, 0.4) is 0 Å². The lowest BCUT2D eigenvalue weighted by atomic mass is 9.81. The second-order valence-electron chi connectivity index (χ2n) is 6.76. The van der Waals surface area contributed by atoms with Crippen LogP contribution in [0.2, 0.25) is 0 Å². The van der Waals surface area contributed by atoms with E-state index in [1.807, 2.05) is 13.8 Å². The van der Waals surface area contributed by atoms with Crippen molar-refractivity contribution in [2.75, 3.05) is 0 Å². The van der Waals surface area contributed by atoms with Crippen molar-refractivity contribution in [3.63, 3.8) is 0 Å². The average molecular weight is 265 g/mol. The summed E-state index contributed by atoms with van der Waals surface area (Å²) in [5.41, 5.74) is 5.74. The fraction of sp³-hybridized carbons (Fsp3) is 0.923. The summed E-state index contributed by atoms with van der Waals surface area (Å²) in [6, 6.07) is -0.106. The Balaban J connectivity index is 0. The first-order chi connectivity index (χ1) is 6.94. The highest BCUT2D eigenvalue weighted by Gasteiger charge is 2.29. The van der Waals surface area contributed by atoms with Gasteiger partial charge in [0.15, 0.2) is 0 Å². The number of halogens is 1. The quantitative estimate of drug-likeness (QED) is 0.820. The van der Waals surface area contributed by atoms with E-state index in [9.17, 15) is 4.79 Å². The van der Waals surface area contributed by atoms with Gasteiger partial charge >= 0.3 is 0 Å². The third-order valence-corrected chi connectivity index (χ3v) is 2.64. The molecule has 2 unspecified atom stereocenters. The molecule has 17 heavy (non-hydrogen) atoms. The summed E-state index contributed by atoms with van der Waals surface area (Å²) in [7, 11) is 0.